The van der Waals surface area contributed by atoms with E-state index >= 15 is 0 Å². The van der Waals surface area contributed by atoms with Gasteiger partial charge in [-0.3, -0.25) is 4.98 Å². The molecule has 0 amide bonds. The lowest BCUT2D eigenvalue weighted by Gasteiger charge is -2.23. The fourth-order valence-electron chi connectivity index (χ4n) is 3.64. The fraction of sp³-hybridized carbons (Fsp3) is 0.238. The van der Waals surface area contributed by atoms with Gasteiger partial charge in [-0.05, 0) is 54.2 Å². The van der Waals surface area contributed by atoms with Crippen molar-refractivity contribution in [1.29, 1.82) is 0 Å². The summed E-state index contributed by atoms with van der Waals surface area (Å²) in [6.07, 6.45) is 2.86. The molecule has 2 aromatic carbocycles. The number of carbonyl (C=O) groups is 1. The zero-order chi connectivity index (χ0) is 16.5. The van der Waals surface area contributed by atoms with Gasteiger partial charge in [0.25, 0.3) is 0 Å². The smallest absolute Gasteiger partial charge is 0.141 e. The van der Waals surface area contributed by atoms with Crippen LogP contribution in [-0.2, 0) is 17.6 Å². The van der Waals surface area contributed by atoms with Crippen LogP contribution in [0, 0.1) is 6.92 Å². The highest BCUT2D eigenvalue weighted by Crippen LogP contribution is 2.26. The Morgan fingerprint density at radius 3 is 2.96 bits per heavy atom. The zero-order valence-corrected chi connectivity index (χ0v) is 13.8. The molecular weight excluding hydrogens is 296 g/mol. The molecule has 0 bridgehead atoms. The summed E-state index contributed by atoms with van der Waals surface area (Å²) in [6, 6.07) is 16.8. The highest BCUT2D eigenvalue weighted by atomic mass is 16.1. The van der Waals surface area contributed by atoms with Gasteiger partial charge in [0, 0.05) is 17.6 Å². The molecule has 1 aliphatic rings. The first-order valence-electron chi connectivity index (χ1n) is 8.40. The average Bonchev–Trinajstić information content (AvgIpc) is 2.61. The molecule has 4 rings (SSSR count). The first-order chi connectivity index (χ1) is 11.7. The minimum Gasteiger partial charge on any atom is -0.304 e. The Morgan fingerprint density at radius 1 is 1.21 bits per heavy atom. The molecular formula is C21H20N2O. The van der Waals surface area contributed by atoms with Crippen molar-refractivity contribution in [2.75, 3.05) is 6.54 Å². The Bertz CT molecular complexity index is 917. The molecule has 0 spiro atoms. The van der Waals surface area contributed by atoms with Crippen molar-refractivity contribution in [1.82, 2.24) is 10.3 Å². The standard InChI is InChI=1S/C21H20N2O/c1-14-10-17(18-4-2-3-5-20(18)23-14)12-15-6-7-19-16(11-15)8-9-22-21(19)13-24/h2-7,10-11,13,21-22H,8-9,12H2,1H3. The third kappa shape index (κ3) is 2.72. The van der Waals surface area contributed by atoms with E-state index in [2.05, 4.69) is 52.8 Å². The van der Waals surface area contributed by atoms with E-state index in [0.717, 1.165) is 42.4 Å². The normalized spacial score (nSPS) is 16.8. The topological polar surface area (TPSA) is 42.0 Å². The van der Waals surface area contributed by atoms with Gasteiger partial charge in [-0.15, -0.1) is 0 Å². The van der Waals surface area contributed by atoms with Crippen LogP contribution in [0.25, 0.3) is 10.9 Å². The van der Waals surface area contributed by atoms with E-state index < -0.39 is 0 Å². The van der Waals surface area contributed by atoms with E-state index in [1.807, 2.05) is 13.0 Å². The number of benzene rings is 2. The second-order valence-corrected chi connectivity index (χ2v) is 6.47. The molecule has 0 aliphatic carbocycles. The SMILES string of the molecule is Cc1cc(Cc2ccc3c(c2)CCNC3C=O)c2ccccc2n1. The second-order valence-electron chi connectivity index (χ2n) is 6.47. The van der Waals surface area contributed by atoms with Crippen LogP contribution in [0.15, 0.2) is 48.5 Å². The first kappa shape index (κ1) is 15.0. The minimum atomic E-state index is -0.160. The van der Waals surface area contributed by atoms with Crippen LogP contribution in [-0.4, -0.2) is 17.8 Å². The maximum Gasteiger partial charge on any atom is 0.141 e. The van der Waals surface area contributed by atoms with E-state index in [0.29, 0.717) is 0 Å². The summed E-state index contributed by atoms with van der Waals surface area (Å²) in [5.74, 6) is 0. The van der Waals surface area contributed by atoms with Gasteiger partial charge in [-0.1, -0.05) is 36.4 Å². The first-order valence-corrected chi connectivity index (χ1v) is 8.40. The van der Waals surface area contributed by atoms with Gasteiger partial charge >= 0.3 is 0 Å². The van der Waals surface area contributed by atoms with E-state index in [-0.39, 0.29) is 6.04 Å². The third-order valence-corrected chi connectivity index (χ3v) is 4.76. The van der Waals surface area contributed by atoms with Crippen molar-refractivity contribution in [2.45, 2.75) is 25.8 Å². The van der Waals surface area contributed by atoms with Crippen LogP contribution >= 0.6 is 0 Å². The maximum atomic E-state index is 11.2. The number of hydrogen-bond acceptors (Lipinski definition) is 3. The van der Waals surface area contributed by atoms with Gasteiger partial charge in [0.15, 0.2) is 0 Å². The number of carbonyl (C=O) groups excluding carboxylic acids is 1. The summed E-state index contributed by atoms with van der Waals surface area (Å²) in [5.41, 5.74) is 7.10. The van der Waals surface area contributed by atoms with Gasteiger partial charge in [-0.2, -0.15) is 0 Å². The van der Waals surface area contributed by atoms with Crippen LogP contribution in [0.5, 0.6) is 0 Å². The van der Waals surface area contributed by atoms with Crippen LogP contribution in [0.3, 0.4) is 0 Å². The molecule has 3 heteroatoms. The molecule has 0 radical (unpaired) electrons. The highest BCUT2D eigenvalue weighted by Gasteiger charge is 2.19. The lowest BCUT2D eigenvalue weighted by atomic mass is 9.91. The molecule has 1 aromatic heterocycles. The summed E-state index contributed by atoms with van der Waals surface area (Å²) < 4.78 is 0. The van der Waals surface area contributed by atoms with Gasteiger partial charge in [0.05, 0.1) is 11.6 Å². The third-order valence-electron chi connectivity index (χ3n) is 4.76. The highest BCUT2D eigenvalue weighted by molar-refractivity contribution is 5.82. The number of aromatic nitrogens is 1. The fourth-order valence-corrected chi connectivity index (χ4v) is 3.64. The molecule has 3 nitrogen and oxygen atoms in total. The molecule has 0 saturated carbocycles. The molecule has 1 N–H and O–H groups in total. The lowest BCUT2D eigenvalue weighted by Crippen LogP contribution is -2.30. The number of pyridine rings is 1. The predicted molar refractivity (Wildman–Crippen MR) is 96.2 cm³/mol. The monoisotopic (exact) mass is 316 g/mol. The largest absolute Gasteiger partial charge is 0.304 e. The van der Waals surface area contributed by atoms with Crippen LogP contribution in [0.4, 0.5) is 0 Å². The molecule has 120 valence electrons. The van der Waals surface area contributed by atoms with Gasteiger partial charge < -0.3 is 10.1 Å². The Balaban J connectivity index is 1.73. The Kier molecular flexibility index (Phi) is 3.87. The summed E-state index contributed by atoms with van der Waals surface area (Å²) in [7, 11) is 0. The Labute approximate surface area is 141 Å². The zero-order valence-electron chi connectivity index (χ0n) is 13.8. The van der Waals surface area contributed by atoms with Crippen molar-refractivity contribution in [3.05, 3.63) is 76.5 Å². The number of para-hydroxylation sites is 1. The van der Waals surface area contributed by atoms with Gasteiger partial charge in [-0.25, -0.2) is 0 Å². The molecule has 1 aliphatic heterocycles. The number of rotatable bonds is 3. The quantitative estimate of drug-likeness (QED) is 0.752. The number of nitrogens with one attached hydrogen (secondary N) is 1. The predicted octanol–water partition coefficient (Wildman–Crippen LogP) is 3.52. The Morgan fingerprint density at radius 2 is 2.08 bits per heavy atom. The van der Waals surface area contributed by atoms with Crippen molar-refractivity contribution < 1.29 is 4.79 Å². The number of aldehydes is 1. The average molecular weight is 316 g/mol. The number of hydrogen-bond donors (Lipinski definition) is 1. The number of aryl methyl sites for hydroxylation is 1. The van der Waals surface area contributed by atoms with Crippen LogP contribution < -0.4 is 5.32 Å². The molecule has 1 atom stereocenters. The maximum absolute atomic E-state index is 11.2. The summed E-state index contributed by atoms with van der Waals surface area (Å²) in [5, 5.41) is 4.47. The minimum absolute atomic E-state index is 0.160. The number of nitrogens with zero attached hydrogens (tertiary/aromatic N) is 1. The molecule has 3 aromatic rings. The summed E-state index contributed by atoms with van der Waals surface area (Å²) in [6.45, 7) is 2.90. The van der Waals surface area contributed by atoms with Crippen LogP contribution in [0.2, 0.25) is 0 Å². The Hall–Kier alpha value is -2.52. The van der Waals surface area contributed by atoms with E-state index in [4.69, 9.17) is 0 Å². The van der Waals surface area contributed by atoms with E-state index in [1.54, 1.807) is 0 Å². The summed E-state index contributed by atoms with van der Waals surface area (Å²) >= 11 is 0. The van der Waals surface area contributed by atoms with Crippen molar-refractivity contribution in [3.63, 3.8) is 0 Å². The number of fused-ring (bicyclic) bond motifs is 2. The van der Waals surface area contributed by atoms with Crippen molar-refractivity contribution >= 4 is 17.2 Å². The molecule has 1 unspecified atom stereocenters. The molecule has 24 heavy (non-hydrogen) atoms. The van der Waals surface area contributed by atoms with Crippen LogP contribution in [0.1, 0.15) is 34.0 Å². The van der Waals surface area contributed by atoms with Crippen molar-refractivity contribution in [3.8, 4) is 0 Å². The second kappa shape index (κ2) is 6.17. The van der Waals surface area contributed by atoms with Crippen molar-refractivity contribution in [2.24, 2.45) is 0 Å². The van der Waals surface area contributed by atoms with E-state index in [1.165, 1.54) is 22.1 Å². The molecule has 0 fully saturated rings. The molecule has 2 heterocycles. The van der Waals surface area contributed by atoms with Gasteiger partial charge in [0.2, 0.25) is 0 Å². The van der Waals surface area contributed by atoms with Gasteiger partial charge in [0.1, 0.15) is 6.29 Å². The lowest BCUT2D eigenvalue weighted by molar-refractivity contribution is -0.109. The van der Waals surface area contributed by atoms with E-state index in [9.17, 15) is 4.79 Å². The summed E-state index contributed by atoms with van der Waals surface area (Å²) in [4.78, 5) is 15.8. The molecule has 0 saturated heterocycles.